The number of anilines is 2. The first kappa shape index (κ1) is 16.2. The first-order valence-electron chi connectivity index (χ1n) is 8.85. The fraction of sp³-hybridized carbons (Fsp3) is 0.0476. The molecule has 0 amide bonds. The fourth-order valence-electron chi connectivity index (χ4n) is 3.32. The predicted octanol–water partition coefficient (Wildman–Crippen LogP) is 3.71. The summed E-state index contributed by atoms with van der Waals surface area (Å²) >= 11 is 0. The average Bonchev–Trinajstić information content (AvgIpc) is 3.19. The molecule has 5 rings (SSSR count). The molecule has 0 bridgehead atoms. The summed E-state index contributed by atoms with van der Waals surface area (Å²) in [5, 5.41) is 11.4. The molecule has 0 aliphatic heterocycles. The summed E-state index contributed by atoms with van der Waals surface area (Å²) in [4.78, 5) is 22.2. The summed E-state index contributed by atoms with van der Waals surface area (Å²) in [6.45, 7) is 2.02. The number of aromatic nitrogens is 5. The van der Waals surface area contributed by atoms with E-state index >= 15 is 0 Å². The highest BCUT2D eigenvalue weighted by molar-refractivity contribution is 6.02. The Hall–Kier alpha value is -4.00. The molecule has 2 aromatic carbocycles. The van der Waals surface area contributed by atoms with Crippen LogP contribution in [0.5, 0.6) is 0 Å². The number of benzene rings is 2. The first-order chi connectivity index (χ1) is 13.7. The van der Waals surface area contributed by atoms with Crippen LogP contribution in [0.3, 0.4) is 0 Å². The van der Waals surface area contributed by atoms with Crippen molar-refractivity contribution >= 4 is 33.6 Å². The smallest absolute Gasteiger partial charge is 0.267 e. The van der Waals surface area contributed by atoms with Crippen molar-refractivity contribution in [2.75, 3.05) is 5.32 Å². The maximum atomic E-state index is 13.1. The van der Waals surface area contributed by atoms with Crippen LogP contribution in [-0.4, -0.2) is 24.7 Å². The van der Waals surface area contributed by atoms with E-state index in [0.717, 1.165) is 22.3 Å². The number of aryl methyl sites for hydroxylation is 1. The topological polar surface area (TPSA) is 88.5 Å². The highest BCUT2D eigenvalue weighted by Gasteiger charge is 2.16. The monoisotopic (exact) mass is 368 g/mol. The Labute approximate surface area is 159 Å². The molecule has 0 saturated heterocycles. The number of hydrogen-bond donors (Lipinski definition) is 2. The number of rotatable bonds is 3. The predicted molar refractivity (Wildman–Crippen MR) is 109 cm³/mol. The molecule has 2 N–H and O–H groups in total. The zero-order chi connectivity index (χ0) is 19.1. The zero-order valence-corrected chi connectivity index (χ0v) is 15.0. The van der Waals surface area contributed by atoms with Crippen molar-refractivity contribution in [2.24, 2.45) is 0 Å². The first-order valence-corrected chi connectivity index (χ1v) is 8.85. The van der Waals surface area contributed by atoms with Gasteiger partial charge >= 0.3 is 0 Å². The van der Waals surface area contributed by atoms with E-state index in [2.05, 4.69) is 25.5 Å². The largest absolute Gasteiger partial charge is 0.324 e. The number of nitrogens with zero attached hydrogens (tertiary/aromatic N) is 4. The van der Waals surface area contributed by atoms with Crippen molar-refractivity contribution < 1.29 is 0 Å². The Morgan fingerprint density at radius 1 is 1.00 bits per heavy atom. The summed E-state index contributed by atoms with van der Waals surface area (Å²) in [5.74, 6) is 0.418. The van der Waals surface area contributed by atoms with Crippen LogP contribution in [-0.2, 0) is 0 Å². The van der Waals surface area contributed by atoms with E-state index in [1.54, 1.807) is 10.8 Å². The number of fused-ring (bicyclic) bond motifs is 3. The van der Waals surface area contributed by atoms with E-state index in [1.165, 1.54) is 6.20 Å². The van der Waals surface area contributed by atoms with E-state index < -0.39 is 0 Å². The third-order valence-electron chi connectivity index (χ3n) is 4.61. The standard InChI is InChI=1S/C21H16N6O/c1-13-6-5-7-14(10-13)24-21-22-11-16-18-17(12-23-26-18)20(28)27(19(16)25-21)15-8-3-2-4-9-15/h2-12H,1H3,(H,23,26)(H,22,24,25). The van der Waals surface area contributed by atoms with Crippen LogP contribution < -0.4 is 10.9 Å². The summed E-state index contributed by atoms with van der Waals surface area (Å²) in [5.41, 5.74) is 3.72. The maximum absolute atomic E-state index is 13.1. The van der Waals surface area contributed by atoms with Gasteiger partial charge in [-0.15, -0.1) is 0 Å². The van der Waals surface area contributed by atoms with Gasteiger partial charge in [0.05, 0.1) is 28.2 Å². The highest BCUT2D eigenvalue weighted by Crippen LogP contribution is 2.23. The Morgan fingerprint density at radius 2 is 1.86 bits per heavy atom. The van der Waals surface area contributed by atoms with Crippen molar-refractivity contribution in [2.45, 2.75) is 6.92 Å². The molecule has 0 aliphatic rings. The fourth-order valence-corrected chi connectivity index (χ4v) is 3.32. The van der Waals surface area contributed by atoms with Crippen LogP contribution in [0.15, 0.2) is 71.8 Å². The SMILES string of the molecule is Cc1cccc(Nc2ncc3c4[nH]ncc4c(=O)n(-c4ccccc4)c3n2)c1. The van der Waals surface area contributed by atoms with Crippen LogP contribution in [0.2, 0.25) is 0 Å². The average molecular weight is 368 g/mol. The van der Waals surface area contributed by atoms with Crippen LogP contribution in [0.4, 0.5) is 11.6 Å². The lowest BCUT2D eigenvalue weighted by atomic mass is 10.2. The third-order valence-corrected chi connectivity index (χ3v) is 4.61. The molecule has 0 fully saturated rings. The number of nitrogens with one attached hydrogen (secondary N) is 2. The van der Waals surface area contributed by atoms with E-state index in [0.29, 0.717) is 22.5 Å². The quantitative estimate of drug-likeness (QED) is 0.507. The van der Waals surface area contributed by atoms with Gasteiger partial charge in [-0.05, 0) is 36.8 Å². The molecule has 136 valence electrons. The van der Waals surface area contributed by atoms with Crippen molar-refractivity contribution in [3.63, 3.8) is 0 Å². The molecule has 5 aromatic rings. The van der Waals surface area contributed by atoms with E-state index in [-0.39, 0.29) is 5.56 Å². The molecule has 28 heavy (non-hydrogen) atoms. The Kier molecular flexibility index (Phi) is 3.65. The van der Waals surface area contributed by atoms with E-state index in [9.17, 15) is 4.79 Å². The number of para-hydroxylation sites is 1. The highest BCUT2D eigenvalue weighted by atomic mass is 16.1. The lowest BCUT2D eigenvalue weighted by molar-refractivity contribution is 1.02. The molecule has 0 atom stereocenters. The molecule has 0 radical (unpaired) electrons. The van der Waals surface area contributed by atoms with Gasteiger partial charge in [0.15, 0.2) is 5.65 Å². The lowest BCUT2D eigenvalue weighted by Gasteiger charge is -2.12. The summed E-state index contributed by atoms with van der Waals surface area (Å²) in [6.07, 6.45) is 3.25. The summed E-state index contributed by atoms with van der Waals surface area (Å²) in [6, 6.07) is 17.4. The molecule has 0 saturated carbocycles. The molecule has 7 heteroatoms. The second-order valence-electron chi connectivity index (χ2n) is 6.56. The number of H-pyrrole nitrogens is 1. The molecule has 7 nitrogen and oxygen atoms in total. The van der Waals surface area contributed by atoms with Gasteiger partial charge in [0.2, 0.25) is 5.95 Å². The van der Waals surface area contributed by atoms with Gasteiger partial charge in [0.25, 0.3) is 5.56 Å². The van der Waals surface area contributed by atoms with Crippen LogP contribution in [0.25, 0.3) is 27.6 Å². The minimum atomic E-state index is -0.178. The minimum absolute atomic E-state index is 0.178. The Bertz CT molecular complexity index is 1370. The molecule has 0 unspecified atom stereocenters. The van der Waals surface area contributed by atoms with Crippen LogP contribution in [0, 0.1) is 6.92 Å². The van der Waals surface area contributed by atoms with E-state index in [4.69, 9.17) is 0 Å². The second kappa shape index (κ2) is 6.31. The number of aromatic amines is 1. The normalized spacial score (nSPS) is 11.2. The van der Waals surface area contributed by atoms with Gasteiger partial charge in [-0.2, -0.15) is 10.1 Å². The Morgan fingerprint density at radius 3 is 2.68 bits per heavy atom. The zero-order valence-electron chi connectivity index (χ0n) is 15.0. The van der Waals surface area contributed by atoms with Gasteiger partial charge in [-0.1, -0.05) is 30.3 Å². The number of hydrogen-bond acceptors (Lipinski definition) is 5. The van der Waals surface area contributed by atoms with Crippen molar-refractivity contribution in [3.05, 3.63) is 82.9 Å². The van der Waals surface area contributed by atoms with Gasteiger partial charge in [0.1, 0.15) is 0 Å². The third kappa shape index (κ3) is 2.61. The lowest BCUT2D eigenvalue weighted by Crippen LogP contribution is -2.20. The van der Waals surface area contributed by atoms with Crippen molar-refractivity contribution in [3.8, 4) is 5.69 Å². The van der Waals surface area contributed by atoms with Gasteiger partial charge in [-0.3, -0.25) is 14.5 Å². The van der Waals surface area contributed by atoms with Crippen molar-refractivity contribution in [1.29, 1.82) is 0 Å². The molecular weight excluding hydrogens is 352 g/mol. The molecule has 0 aliphatic carbocycles. The molecular formula is C21H16N6O. The summed E-state index contributed by atoms with van der Waals surface area (Å²) < 4.78 is 1.59. The minimum Gasteiger partial charge on any atom is -0.324 e. The maximum Gasteiger partial charge on any atom is 0.267 e. The molecule has 3 heterocycles. The van der Waals surface area contributed by atoms with Crippen LogP contribution in [0.1, 0.15) is 5.56 Å². The van der Waals surface area contributed by atoms with E-state index in [1.807, 2.05) is 61.5 Å². The van der Waals surface area contributed by atoms with Gasteiger partial charge in [0, 0.05) is 11.9 Å². The molecule has 0 spiro atoms. The van der Waals surface area contributed by atoms with Gasteiger partial charge < -0.3 is 5.32 Å². The van der Waals surface area contributed by atoms with Crippen molar-refractivity contribution in [1.82, 2.24) is 24.7 Å². The summed E-state index contributed by atoms with van der Waals surface area (Å²) in [7, 11) is 0. The van der Waals surface area contributed by atoms with Gasteiger partial charge in [-0.25, -0.2) is 4.98 Å². The molecule has 3 aromatic heterocycles. The number of pyridine rings is 1. The Balaban J connectivity index is 1.77. The van der Waals surface area contributed by atoms with Crippen LogP contribution >= 0.6 is 0 Å². The second-order valence-corrected chi connectivity index (χ2v) is 6.56.